The number of carbonyl (C=O) groups is 2. The van der Waals surface area contributed by atoms with Crippen molar-refractivity contribution in [1.82, 2.24) is 14.7 Å². The molecule has 1 aromatic heterocycles. The van der Waals surface area contributed by atoms with Gasteiger partial charge in [-0.2, -0.15) is 5.10 Å². The highest BCUT2D eigenvalue weighted by molar-refractivity contribution is 6.32. The van der Waals surface area contributed by atoms with Crippen LogP contribution >= 0.6 is 23.2 Å². The fraction of sp³-hybridized carbons (Fsp3) is 0.179. The van der Waals surface area contributed by atoms with Gasteiger partial charge in [-0.1, -0.05) is 79.5 Å². The first-order valence-corrected chi connectivity index (χ1v) is 12.3. The summed E-state index contributed by atoms with van der Waals surface area (Å²) >= 11 is 12.4. The van der Waals surface area contributed by atoms with E-state index in [0.29, 0.717) is 39.4 Å². The van der Waals surface area contributed by atoms with E-state index in [9.17, 15) is 9.59 Å². The number of amides is 2. The zero-order valence-corrected chi connectivity index (χ0v) is 21.5. The molecule has 0 fully saturated rings. The highest BCUT2D eigenvalue weighted by Gasteiger charge is 2.22. The summed E-state index contributed by atoms with van der Waals surface area (Å²) in [7, 11) is 0. The number of halogens is 2. The van der Waals surface area contributed by atoms with Crippen molar-refractivity contribution in [2.45, 2.75) is 13.8 Å². The fourth-order valence-electron chi connectivity index (χ4n) is 3.82. The van der Waals surface area contributed by atoms with Crippen molar-refractivity contribution < 1.29 is 9.59 Å². The maximum Gasteiger partial charge on any atom is 0.254 e. The van der Waals surface area contributed by atoms with Crippen LogP contribution in [0.1, 0.15) is 24.2 Å². The minimum absolute atomic E-state index is 0.117. The van der Waals surface area contributed by atoms with Crippen LogP contribution in [-0.4, -0.2) is 39.6 Å². The summed E-state index contributed by atoms with van der Waals surface area (Å²) in [5.74, 6) is 0.0497. The summed E-state index contributed by atoms with van der Waals surface area (Å²) in [6.45, 7) is 4.30. The molecular formula is C28H26Cl2N4O2. The molecule has 1 heterocycles. The van der Waals surface area contributed by atoms with E-state index in [1.54, 1.807) is 41.1 Å². The van der Waals surface area contributed by atoms with Crippen LogP contribution in [0.4, 0.5) is 5.82 Å². The molecule has 3 aromatic carbocycles. The van der Waals surface area contributed by atoms with Gasteiger partial charge in [-0.25, -0.2) is 4.68 Å². The molecule has 4 rings (SSSR count). The van der Waals surface area contributed by atoms with Crippen molar-refractivity contribution in [1.29, 1.82) is 0 Å². The number of rotatable bonds is 8. The van der Waals surface area contributed by atoms with Gasteiger partial charge < -0.3 is 10.2 Å². The van der Waals surface area contributed by atoms with E-state index in [1.807, 2.05) is 62.4 Å². The molecule has 1 N–H and O–H groups in total. The lowest BCUT2D eigenvalue weighted by atomic mass is 10.1. The summed E-state index contributed by atoms with van der Waals surface area (Å²) in [5, 5.41) is 8.68. The summed E-state index contributed by atoms with van der Waals surface area (Å²) < 4.78 is 1.61. The van der Waals surface area contributed by atoms with Gasteiger partial charge >= 0.3 is 0 Å². The molecule has 0 radical (unpaired) electrons. The van der Waals surface area contributed by atoms with Crippen molar-refractivity contribution in [3.63, 3.8) is 0 Å². The Hall–Kier alpha value is -3.61. The predicted octanol–water partition coefficient (Wildman–Crippen LogP) is 6.58. The second-order valence-electron chi connectivity index (χ2n) is 8.78. The lowest BCUT2D eigenvalue weighted by Gasteiger charge is -2.24. The number of nitrogens with one attached hydrogen (secondary N) is 1. The molecule has 0 spiro atoms. The molecule has 0 saturated heterocycles. The molecule has 8 heteroatoms. The van der Waals surface area contributed by atoms with Crippen molar-refractivity contribution in [3.05, 3.63) is 101 Å². The van der Waals surface area contributed by atoms with Crippen molar-refractivity contribution >= 4 is 40.8 Å². The van der Waals surface area contributed by atoms with Gasteiger partial charge in [-0.05, 0) is 42.3 Å². The predicted molar refractivity (Wildman–Crippen MR) is 145 cm³/mol. The van der Waals surface area contributed by atoms with Crippen LogP contribution in [-0.2, 0) is 4.79 Å². The largest absolute Gasteiger partial charge is 0.329 e. The average molecular weight is 521 g/mol. The Morgan fingerprint density at radius 1 is 0.944 bits per heavy atom. The number of anilines is 1. The molecule has 6 nitrogen and oxygen atoms in total. The second-order valence-corrected chi connectivity index (χ2v) is 9.62. The molecule has 184 valence electrons. The van der Waals surface area contributed by atoms with E-state index in [4.69, 9.17) is 28.3 Å². The first-order valence-electron chi connectivity index (χ1n) is 11.6. The Morgan fingerprint density at radius 3 is 2.28 bits per heavy atom. The summed E-state index contributed by atoms with van der Waals surface area (Å²) in [4.78, 5) is 27.9. The third kappa shape index (κ3) is 6.14. The Morgan fingerprint density at radius 2 is 1.61 bits per heavy atom. The minimum atomic E-state index is -0.342. The first-order chi connectivity index (χ1) is 17.3. The minimum Gasteiger partial charge on any atom is -0.329 e. The molecule has 36 heavy (non-hydrogen) atoms. The molecule has 0 atom stereocenters. The van der Waals surface area contributed by atoms with Crippen LogP contribution in [0, 0.1) is 5.92 Å². The zero-order valence-electron chi connectivity index (χ0n) is 20.0. The Kier molecular flexibility index (Phi) is 8.08. The van der Waals surface area contributed by atoms with Gasteiger partial charge in [-0.15, -0.1) is 0 Å². The molecule has 4 aromatic rings. The highest BCUT2D eigenvalue weighted by Crippen LogP contribution is 2.28. The maximum atomic E-state index is 13.2. The lowest BCUT2D eigenvalue weighted by molar-refractivity contribution is -0.117. The van der Waals surface area contributed by atoms with Gasteiger partial charge in [0, 0.05) is 28.8 Å². The fourth-order valence-corrected chi connectivity index (χ4v) is 4.16. The number of hydrogen-bond acceptors (Lipinski definition) is 3. The first kappa shape index (κ1) is 25.5. The zero-order chi connectivity index (χ0) is 25.7. The number of carbonyl (C=O) groups excluding carboxylic acids is 2. The monoisotopic (exact) mass is 520 g/mol. The van der Waals surface area contributed by atoms with Crippen molar-refractivity contribution in [2.24, 2.45) is 5.92 Å². The molecule has 0 unspecified atom stereocenters. The summed E-state index contributed by atoms with van der Waals surface area (Å²) in [5.41, 5.74) is 2.69. The number of nitrogens with zero attached hydrogens (tertiary/aromatic N) is 3. The molecule has 2 amide bonds. The van der Waals surface area contributed by atoms with Gasteiger partial charge in [0.05, 0.1) is 16.4 Å². The van der Waals surface area contributed by atoms with Crippen LogP contribution in [0.25, 0.3) is 16.9 Å². The van der Waals surface area contributed by atoms with Crippen LogP contribution in [0.15, 0.2) is 84.9 Å². The molecule has 0 saturated carbocycles. The van der Waals surface area contributed by atoms with Crippen LogP contribution in [0.5, 0.6) is 0 Å². The summed E-state index contributed by atoms with van der Waals surface area (Å²) in [6, 6.07) is 25.4. The number of para-hydroxylation sites is 1. The van der Waals surface area contributed by atoms with Crippen LogP contribution < -0.4 is 5.32 Å². The number of benzene rings is 3. The van der Waals surface area contributed by atoms with E-state index >= 15 is 0 Å². The topological polar surface area (TPSA) is 67.2 Å². The van der Waals surface area contributed by atoms with E-state index in [1.165, 1.54) is 4.90 Å². The molecule has 0 aliphatic heterocycles. The Labute approximate surface area is 220 Å². The third-order valence-electron chi connectivity index (χ3n) is 5.43. The second kappa shape index (κ2) is 11.4. The molecular weight excluding hydrogens is 495 g/mol. The smallest absolute Gasteiger partial charge is 0.254 e. The van der Waals surface area contributed by atoms with Crippen LogP contribution in [0.3, 0.4) is 0 Å². The van der Waals surface area contributed by atoms with E-state index < -0.39 is 0 Å². The molecule has 0 aliphatic carbocycles. The number of aromatic nitrogens is 2. The standard InChI is InChI=1S/C28H26Cl2N4O2/c1-19(2)17-33(28(36)21-12-14-22(29)15-13-21)18-27(35)31-26-16-24(20-8-4-3-5-9-20)32-34(26)25-11-7-6-10-23(25)30/h3-16,19H,17-18H2,1-2H3,(H,31,35). The van der Waals surface area contributed by atoms with Gasteiger partial charge in [-0.3, -0.25) is 9.59 Å². The number of hydrogen-bond donors (Lipinski definition) is 1. The van der Waals surface area contributed by atoms with E-state index in [2.05, 4.69) is 5.32 Å². The lowest BCUT2D eigenvalue weighted by Crippen LogP contribution is -2.40. The van der Waals surface area contributed by atoms with Gasteiger partial charge in [0.2, 0.25) is 5.91 Å². The van der Waals surface area contributed by atoms with Crippen LogP contribution in [0.2, 0.25) is 10.0 Å². The van der Waals surface area contributed by atoms with Gasteiger partial charge in [0.15, 0.2) is 0 Å². The SMILES string of the molecule is CC(C)CN(CC(=O)Nc1cc(-c2ccccc2)nn1-c1ccccc1Cl)C(=O)c1ccc(Cl)cc1. The van der Waals surface area contributed by atoms with Gasteiger partial charge in [0.25, 0.3) is 5.91 Å². The molecule has 0 aliphatic rings. The van der Waals surface area contributed by atoms with E-state index in [-0.39, 0.29) is 24.3 Å². The average Bonchev–Trinajstić information content (AvgIpc) is 3.27. The third-order valence-corrected chi connectivity index (χ3v) is 6.00. The normalized spacial score (nSPS) is 10.9. The van der Waals surface area contributed by atoms with Gasteiger partial charge in [0.1, 0.15) is 12.4 Å². The summed E-state index contributed by atoms with van der Waals surface area (Å²) in [6.07, 6.45) is 0. The van der Waals surface area contributed by atoms with Crippen molar-refractivity contribution in [2.75, 3.05) is 18.4 Å². The Balaban J connectivity index is 1.62. The highest BCUT2D eigenvalue weighted by atomic mass is 35.5. The quantitative estimate of drug-likeness (QED) is 0.285. The van der Waals surface area contributed by atoms with E-state index in [0.717, 1.165) is 5.56 Å². The Bertz CT molecular complexity index is 1350. The van der Waals surface area contributed by atoms with Crippen molar-refractivity contribution in [3.8, 4) is 16.9 Å². The maximum absolute atomic E-state index is 13.2. The molecule has 0 bridgehead atoms.